The number of hydrogen-bond donors (Lipinski definition) is 3. The lowest BCUT2D eigenvalue weighted by Crippen LogP contribution is -2.23. The summed E-state index contributed by atoms with van der Waals surface area (Å²) in [5.41, 5.74) is 5.91. The van der Waals surface area contributed by atoms with E-state index in [0.29, 0.717) is 18.2 Å². The van der Waals surface area contributed by atoms with Crippen LogP contribution in [0.1, 0.15) is 169 Å². The van der Waals surface area contributed by atoms with Gasteiger partial charge >= 0.3 is 13.6 Å². The van der Waals surface area contributed by atoms with E-state index in [1.165, 1.54) is 93.0 Å². The SMILES string of the molecule is CC1CCC(C(=O)O)c2c1n(C1CCCCCCCCCCCCC1)c1c(CCCCCCc3ccccc3)cc(OCCP(=O)(O)O)cc21. The van der Waals surface area contributed by atoms with Gasteiger partial charge in [0.1, 0.15) is 5.75 Å². The molecule has 8 heteroatoms. The van der Waals surface area contributed by atoms with Gasteiger partial charge in [-0.3, -0.25) is 9.36 Å². The highest BCUT2D eigenvalue weighted by atomic mass is 31.2. The van der Waals surface area contributed by atoms with E-state index in [1.807, 2.05) is 6.07 Å². The third-order valence-electron chi connectivity index (χ3n) is 11.3. The number of aliphatic carboxylic acids is 1. The normalized spacial score (nSPS) is 20.3. The van der Waals surface area contributed by atoms with Gasteiger partial charge in [0, 0.05) is 17.1 Å². The van der Waals surface area contributed by atoms with Gasteiger partial charge < -0.3 is 24.2 Å². The lowest BCUT2D eigenvalue weighted by Gasteiger charge is -2.31. The molecule has 0 radical (unpaired) electrons. The summed E-state index contributed by atoms with van der Waals surface area (Å²) in [7, 11) is -4.21. The van der Waals surface area contributed by atoms with Crippen LogP contribution in [0.25, 0.3) is 10.9 Å². The van der Waals surface area contributed by atoms with Crippen LogP contribution in [0.2, 0.25) is 0 Å². The fourth-order valence-electron chi connectivity index (χ4n) is 8.69. The van der Waals surface area contributed by atoms with Gasteiger partial charge in [0.05, 0.1) is 24.2 Å². The Hall–Kier alpha value is -2.60. The van der Waals surface area contributed by atoms with Crippen molar-refractivity contribution >= 4 is 24.5 Å². The molecule has 2 atom stereocenters. The van der Waals surface area contributed by atoms with Crippen molar-refractivity contribution in [3.05, 3.63) is 64.8 Å². The molecule has 50 heavy (non-hydrogen) atoms. The molecule has 2 aliphatic carbocycles. The zero-order chi connectivity index (χ0) is 35.3. The van der Waals surface area contributed by atoms with E-state index in [2.05, 4.69) is 47.9 Å². The standard InChI is InChI=1S/C42H62NO6P/c1-32-26-27-37(42(44)45)39-38-31-36(49-28-29-50(46,47)48)30-34(23-17-12-11-14-20-33-21-15-13-16-22-33)41(38)43(40(32)39)35-24-18-9-7-5-3-2-4-6-8-10-19-25-35/h13,15-16,21-22,30-32,35,37H,2-12,14,17-20,23-29H2,1H3,(H,44,45)(H2,46,47,48). The Labute approximate surface area is 300 Å². The van der Waals surface area contributed by atoms with Crippen molar-refractivity contribution in [2.45, 2.75) is 160 Å². The van der Waals surface area contributed by atoms with Crippen molar-refractivity contribution in [2.75, 3.05) is 12.8 Å². The monoisotopic (exact) mass is 707 g/mol. The van der Waals surface area contributed by atoms with E-state index >= 15 is 0 Å². The second kappa shape index (κ2) is 19.3. The first kappa shape index (κ1) is 38.6. The zero-order valence-corrected chi connectivity index (χ0v) is 31.4. The van der Waals surface area contributed by atoms with E-state index in [9.17, 15) is 24.3 Å². The quantitative estimate of drug-likeness (QED) is 0.120. The van der Waals surface area contributed by atoms with Crippen LogP contribution >= 0.6 is 7.60 Å². The first-order chi connectivity index (χ1) is 24.2. The summed E-state index contributed by atoms with van der Waals surface area (Å²) in [4.78, 5) is 31.9. The number of ether oxygens (including phenoxy) is 1. The Bertz CT molecular complexity index is 1530. The van der Waals surface area contributed by atoms with Gasteiger partial charge in [-0.25, -0.2) is 0 Å². The molecule has 0 bridgehead atoms. The van der Waals surface area contributed by atoms with Gasteiger partial charge in [0.15, 0.2) is 0 Å². The number of benzene rings is 2. The van der Waals surface area contributed by atoms with Gasteiger partial charge in [0.2, 0.25) is 0 Å². The number of aromatic nitrogens is 1. The van der Waals surface area contributed by atoms with Crippen molar-refractivity contribution in [3.63, 3.8) is 0 Å². The third kappa shape index (κ3) is 11.0. The summed E-state index contributed by atoms with van der Waals surface area (Å²) in [6.07, 6.45) is 23.9. The number of nitrogens with zero attached hydrogens (tertiary/aromatic N) is 1. The molecule has 1 fully saturated rings. The summed E-state index contributed by atoms with van der Waals surface area (Å²) in [6.45, 7) is 2.19. The summed E-state index contributed by atoms with van der Waals surface area (Å²) >= 11 is 0. The molecule has 2 unspecified atom stereocenters. The van der Waals surface area contributed by atoms with Crippen molar-refractivity contribution in [3.8, 4) is 5.75 Å². The maximum absolute atomic E-state index is 12.9. The molecule has 3 aromatic rings. The maximum atomic E-state index is 12.9. The van der Waals surface area contributed by atoms with Crippen LogP contribution in [0, 0.1) is 0 Å². The maximum Gasteiger partial charge on any atom is 0.328 e. The molecule has 2 aliphatic rings. The van der Waals surface area contributed by atoms with Crippen LogP contribution in [-0.2, 0) is 22.2 Å². The Balaban J connectivity index is 1.51. The molecule has 0 aliphatic heterocycles. The van der Waals surface area contributed by atoms with Crippen molar-refractivity contribution < 1.29 is 29.0 Å². The Morgan fingerprint density at radius 2 is 1.40 bits per heavy atom. The molecule has 3 N–H and O–H groups in total. The predicted octanol–water partition coefficient (Wildman–Crippen LogP) is 11.2. The minimum atomic E-state index is -4.21. The summed E-state index contributed by atoms with van der Waals surface area (Å²) in [5, 5.41) is 11.5. The van der Waals surface area contributed by atoms with Crippen molar-refractivity contribution in [2.24, 2.45) is 0 Å². The molecule has 1 saturated carbocycles. The second-order valence-electron chi connectivity index (χ2n) is 15.3. The van der Waals surface area contributed by atoms with Gasteiger partial charge in [-0.15, -0.1) is 0 Å². The topological polar surface area (TPSA) is 109 Å². The number of hydrogen-bond acceptors (Lipinski definition) is 3. The number of carboxylic acids is 1. The van der Waals surface area contributed by atoms with Crippen LogP contribution in [0.15, 0.2) is 42.5 Å². The van der Waals surface area contributed by atoms with Crippen LogP contribution in [0.4, 0.5) is 0 Å². The average Bonchev–Trinajstić information content (AvgIpc) is 3.43. The van der Waals surface area contributed by atoms with E-state index < -0.39 is 19.5 Å². The Kier molecular flexibility index (Phi) is 14.9. The van der Waals surface area contributed by atoms with Gasteiger partial charge in [-0.2, -0.15) is 0 Å². The molecule has 0 saturated heterocycles. The molecule has 5 rings (SSSR count). The van der Waals surface area contributed by atoms with Crippen molar-refractivity contribution in [1.82, 2.24) is 4.57 Å². The van der Waals surface area contributed by atoms with Gasteiger partial charge in [-0.1, -0.05) is 121 Å². The number of aryl methyl sites for hydroxylation is 2. The Morgan fingerprint density at radius 1 is 0.800 bits per heavy atom. The molecular weight excluding hydrogens is 645 g/mol. The number of rotatable bonds is 13. The zero-order valence-electron chi connectivity index (χ0n) is 30.5. The summed E-state index contributed by atoms with van der Waals surface area (Å²) in [6, 6.07) is 15.1. The highest BCUT2D eigenvalue weighted by molar-refractivity contribution is 7.51. The molecule has 1 aromatic heterocycles. The summed E-state index contributed by atoms with van der Waals surface area (Å²) in [5.74, 6) is -0.500. The molecule has 276 valence electrons. The molecule has 0 spiro atoms. The number of carbonyl (C=O) groups is 1. The fourth-order valence-corrected chi connectivity index (χ4v) is 9.02. The largest absolute Gasteiger partial charge is 0.493 e. The smallest absolute Gasteiger partial charge is 0.328 e. The molecule has 2 aromatic carbocycles. The van der Waals surface area contributed by atoms with Crippen LogP contribution in [0.3, 0.4) is 0 Å². The minimum Gasteiger partial charge on any atom is -0.493 e. The number of fused-ring (bicyclic) bond motifs is 3. The molecule has 7 nitrogen and oxygen atoms in total. The lowest BCUT2D eigenvalue weighted by molar-refractivity contribution is -0.139. The number of unbranched alkanes of at least 4 members (excludes halogenated alkanes) is 3. The predicted molar refractivity (Wildman–Crippen MR) is 204 cm³/mol. The number of carboxylic acid groups (broad SMARTS) is 1. The third-order valence-corrected chi connectivity index (χ3v) is 12.1. The Morgan fingerprint density at radius 3 is 2.00 bits per heavy atom. The second-order valence-corrected chi connectivity index (χ2v) is 17.1. The first-order valence-corrected chi connectivity index (χ1v) is 21.7. The van der Waals surface area contributed by atoms with Gasteiger partial charge in [0.25, 0.3) is 0 Å². The van der Waals surface area contributed by atoms with Crippen LogP contribution < -0.4 is 4.74 Å². The van der Waals surface area contributed by atoms with Crippen LogP contribution in [0.5, 0.6) is 5.75 Å². The molecule has 1 heterocycles. The van der Waals surface area contributed by atoms with E-state index in [1.54, 1.807) is 0 Å². The van der Waals surface area contributed by atoms with E-state index in [0.717, 1.165) is 68.7 Å². The van der Waals surface area contributed by atoms with E-state index in [4.69, 9.17) is 4.74 Å². The van der Waals surface area contributed by atoms with Crippen molar-refractivity contribution in [1.29, 1.82) is 0 Å². The highest BCUT2D eigenvalue weighted by Crippen LogP contribution is 2.49. The lowest BCUT2D eigenvalue weighted by atomic mass is 9.80. The molecular formula is C42H62NO6P. The van der Waals surface area contributed by atoms with Crippen LogP contribution in [-0.4, -0.2) is 38.2 Å². The summed E-state index contributed by atoms with van der Waals surface area (Å²) < 4.78 is 20.3. The minimum absolute atomic E-state index is 0.0843. The first-order valence-electron chi connectivity index (χ1n) is 19.9. The van der Waals surface area contributed by atoms with Gasteiger partial charge in [-0.05, 0) is 86.1 Å². The molecule has 0 amide bonds. The fraction of sp³-hybridized carbons (Fsp3) is 0.643. The highest BCUT2D eigenvalue weighted by Gasteiger charge is 2.37. The van der Waals surface area contributed by atoms with E-state index in [-0.39, 0.29) is 18.7 Å². The average molecular weight is 708 g/mol.